The summed E-state index contributed by atoms with van der Waals surface area (Å²) in [7, 11) is 8.06. The zero-order valence-corrected chi connectivity index (χ0v) is 15.0. The minimum atomic E-state index is -1.58. The SMILES string of the molecule is CC(=O)c1[c]([Hg][Cl])c2ccccc2n1C. The average Bonchev–Trinajstić information content (AvgIpc) is 2.52. The molecule has 0 amide bonds. The molecule has 0 spiro atoms. The van der Waals surface area contributed by atoms with Crippen molar-refractivity contribution >= 4 is 28.0 Å². The molecule has 0 aliphatic carbocycles. The fourth-order valence-corrected chi connectivity index (χ4v) is 8.53. The molecule has 0 aliphatic heterocycles. The van der Waals surface area contributed by atoms with Gasteiger partial charge in [-0.1, -0.05) is 0 Å². The van der Waals surface area contributed by atoms with Crippen LogP contribution in [0.15, 0.2) is 24.3 Å². The van der Waals surface area contributed by atoms with Gasteiger partial charge >= 0.3 is 105 Å². The van der Waals surface area contributed by atoms with Gasteiger partial charge in [0.1, 0.15) is 0 Å². The Hall–Kier alpha value is -0.345. The van der Waals surface area contributed by atoms with Gasteiger partial charge in [-0.25, -0.2) is 0 Å². The topological polar surface area (TPSA) is 22.0 Å². The van der Waals surface area contributed by atoms with Crippen LogP contribution in [0.4, 0.5) is 0 Å². The third kappa shape index (κ3) is 1.74. The first kappa shape index (κ1) is 11.1. The van der Waals surface area contributed by atoms with Crippen LogP contribution >= 0.6 is 8.25 Å². The first-order valence-corrected chi connectivity index (χ1v) is 14.3. The molecule has 0 atom stereocenters. The third-order valence-electron chi connectivity index (χ3n) is 2.68. The normalized spacial score (nSPS) is 10.3. The van der Waals surface area contributed by atoms with Gasteiger partial charge < -0.3 is 0 Å². The Kier molecular flexibility index (Phi) is 3.17. The van der Waals surface area contributed by atoms with Crippen LogP contribution in [0.3, 0.4) is 0 Å². The Bertz CT molecular complexity index is 533. The van der Waals surface area contributed by atoms with Gasteiger partial charge in [0.15, 0.2) is 0 Å². The van der Waals surface area contributed by atoms with Crippen molar-refractivity contribution in [2.24, 2.45) is 7.05 Å². The van der Waals surface area contributed by atoms with Crippen molar-refractivity contribution in [2.45, 2.75) is 6.92 Å². The van der Waals surface area contributed by atoms with E-state index in [-0.39, 0.29) is 5.78 Å². The number of rotatable bonds is 2. The average molecular weight is 408 g/mol. The van der Waals surface area contributed by atoms with E-state index in [0.29, 0.717) is 0 Å². The number of aryl methyl sites for hydroxylation is 1. The summed E-state index contributed by atoms with van der Waals surface area (Å²) in [5.41, 5.74) is 1.92. The molecule has 0 saturated carbocycles. The van der Waals surface area contributed by atoms with Crippen LogP contribution in [0.2, 0.25) is 0 Å². The maximum atomic E-state index is 11.6. The quantitative estimate of drug-likeness (QED) is 0.552. The van der Waals surface area contributed by atoms with Crippen LogP contribution in [-0.4, -0.2) is 10.4 Å². The number of ketones is 1. The Labute approximate surface area is 104 Å². The van der Waals surface area contributed by atoms with E-state index in [9.17, 15) is 4.79 Å². The zero-order valence-electron chi connectivity index (χ0n) is 8.75. The fraction of sp³-hybridized carbons (Fsp3) is 0.182. The summed E-state index contributed by atoms with van der Waals surface area (Å²) >= 11 is -1.58. The van der Waals surface area contributed by atoms with Gasteiger partial charge in [-0.2, -0.15) is 0 Å². The Morgan fingerprint density at radius 1 is 1.40 bits per heavy atom. The Morgan fingerprint density at radius 2 is 2.07 bits per heavy atom. The molecule has 1 aromatic carbocycles. The number of fused-ring (bicyclic) bond motifs is 1. The van der Waals surface area contributed by atoms with E-state index in [4.69, 9.17) is 8.25 Å². The van der Waals surface area contributed by atoms with Crippen LogP contribution in [0.5, 0.6) is 0 Å². The van der Waals surface area contributed by atoms with Crippen molar-refractivity contribution < 1.29 is 28.1 Å². The molecule has 15 heavy (non-hydrogen) atoms. The number of hydrogen-bond donors (Lipinski definition) is 0. The van der Waals surface area contributed by atoms with Gasteiger partial charge in [-0.15, -0.1) is 0 Å². The number of benzene rings is 1. The van der Waals surface area contributed by atoms with Crippen LogP contribution in [-0.2, 0) is 30.4 Å². The molecule has 2 nitrogen and oxygen atoms in total. The van der Waals surface area contributed by atoms with Crippen molar-refractivity contribution in [3.63, 3.8) is 0 Å². The number of carbonyl (C=O) groups is 1. The summed E-state index contributed by atoms with van der Waals surface area (Å²) < 4.78 is 3.12. The van der Waals surface area contributed by atoms with Crippen LogP contribution in [0, 0.1) is 0 Å². The molecule has 1 aromatic heterocycles. The van der Waals surface area contributed by atoms with E-state index in [1.54, 1.807) is 6.92 Å². The molecular weight excluding hydrogens is 398 g/mol. The molecule has 2 rings (SSSR count). The standard InChI is InChI=1S/C11H10NO.ClH.Hg/c1-8(13)11-7-9-5-3-4-6-10(9)12(11)2;;/h3-6H,1-2H3;1H;/q;;+1/p-1. The summed E-state index contributed by atoms with van der Waals surface area (Å²) in [6.45, 7) is 1.61. The summed E-state index contributed by atoms with van der Waals surface area (Å²) in [5, 5.41) is 1.17. The van der Waals surface area contributed by atoms with Crippen molar-refractivity contribution in [1.29, 1.82) is 0 Å². The molecule has 1 heterocycles. The van der Waals surface area contributed by atoms with Gasteiger partial charge in [0, 0.05) is 0 Å². The second-order valence-electron chi connectivity index (χ2n) is 3.59. The molecule has 0 bridgehead atoms. The predicted octanol–water partition coefficient (Wildman–Crippen LogP) is 2.24. The van der Waals surface area contributed by atoms with E-state index in [0.717, 1.165) is 14.3 Å². The van der Waals surface area contributed by atoms with Gasteiger partial charge in [-0.3, -0.25) is 0 Å². The predicted molar refractivity (Wildman–Crippen MR) is 58.4 cm³/mol. The summed E-state index contributed by atoms with van der Waals surface area (Å²) in [6, 6.07) is 8.07. The molecule has 0 unspecified atom stereocenters. The molecule has 0 aliphatic rings. The first-order valence-electron chi connectivity index (χ1n) is 4.80. The molecule has 2 aromatic rings. The van der Waals surface area contributed by atoms with Crippen LogP contribution in [0.25, 0.3) is 10.9 Å². The number of halogens is 1. The molecule has 74 valence electrons. The molecule has 4 heteroatoms. The Balaban J connectivity index is 2.90. The number of Topliss-reactive ketones (excluding diaryl/α,β-unsaturated/α-hetero) is 1. The van der Waals surface area contributed by atoms with Crippen molar-refractivity contribution in [2.75, 3.05) is 0 Å². The van der Waals surface area contributed by atoms with Crippen LogP contribution < -0.4 is 3.07 Å². The van der Waals surface area contributed by atoms with Crippen LogP contribution in [0.1, 0.15) is 17.4 Å². The summed E-state index contributed by atoms with van der Waals surface area (Å²) in [5.74, 6) is 0.115. The monoisotopic (exact) mass is 409 g/mol. The number of carbonyl (C=O) groups excluding carboxylic acids is 1. The van der Waals surface area contributed by atoms with Crippen molar-refractivity contribution in [1.82, 2.24) is 4.57 Å². The van der Waals surface area contributed by atoms with Gasteiger partial charge in [0.25, 0.3) is 0 Å². The van der Waals surface area contributed by atoms with E-state index < -0.39 is 23.3 Å². The van der Waals surface area contributed by atoms with Gasteiger partial charge in [-0.05, 0) is 0 Å². The summed E-state index contributed by atoms with van der Waals surface area (Å²) in [6.07, 6.45) is 0. The molecule has 0 fully saturated rings. The fourth-order valence-electron chi connectivity index (χ4n) is 2.06. The molecule has 0 saturated heterocycles. The molecule has 0 radical (unpaired) electrons. The number of nitrogens with zero attached hydrogens (tertiary/aromatic N) is 1. The number of aromatic nitrogens is 1. The van der Waals surface area contributed by atoms with Crippen molar-refractivity contribution in [3.05, 3.63) is 30.0 Å². The van der Waals surface area contributed by atoms with E-state index in [1.165, 1.54) is 5.39 Å². The zero-order chi connectivity index (χ0) is 11.0. The maximum absolute atomic E-state index is 11.6. The van der Waals surface area contributed by atoms with E-state index in [2.05, 4.69) is 6.07 Å². The second-order valence-corrected chi connectivity index (χ2v) is 9.73. The molecular formula is C11H10ClHgNO. The van der Waals surface area contributed by atoms with Gasteiger partial charge in [0.2, 0.25) is 0 Å². The number of para-hydroxylation sites is 1. The second kappa shape index (κ2) is 4.26. The Morgan fingerprint density at radius 3 is 2.67 bits per heavy atom. The summed E-state index contributed by atoms with van der Waals surface area (Å²) in [4.78, 5) is 11.6. The van der Waals surface area contributed by atoms with E-state index >= 15 is 0 Å². The van der Waals surface area contributed by atoms with Crippen molar-refractivity contribution in [3.8, 4) is 0 Å². The van der Waals surface area contributed by atoms with Gasteiger partial charge in [0.05, 0.1) is 0 Å². The van der Waals surface area contributed by atoms with E-state index in [1.807, 2.05) is 29.8 Å². The first-order chi connectivity index (χ1) is 7.16. The third-order valence-corrected chi connectivity index (χ3v) is 8.85. The number of hydrogen-bond acceptors (Lipinski definition) is 1. The molecule has 0 N–H and O–H groups in total. The minimum absolute atomic E-state index is 0.115.